The Bertz CT molecular complexity index is 1280. The van der Waals surface area contributed by atoms with Crippen LogP contribution in [0.3, 0.4) is 0 Å². The summed E-state index contributed by atoms with van der Waals surface area (Å²) in [6.45, 7) is 1.86. The molecule has 4 rings (SSSR count). The van der Waals surface area contributed by atoms with Gasteiger partial charge in [0.05, 0.1) is 17.5 Å². The second-order valence-electron chi connectivity index (χ2n) is 6.42. The summed E-state index contributed by atoms with van der Waals surface area (Å²) in [4.78, 5) is 27.1. The first kappa shape index (κ1) is 19.6. The number of carbonyl (C=O) groups excluding carboxylic acids is 1. The summed E-state index contributed by atoms with van der Waals surface area (Å²) in [6.07, 6.45) is 1.34. The van der Waals surface area contributed by atoms with E-state index >= 15 is 0 Å². The molecule has 0 saturated heterocycles. The van der Waals surface area contributed by atoms with Crippen molar-refractivity contribution < 1.29 is 4.79 Å². The molecular weight excluding hydrogens is 400 g/mol. The summed E-state index contributed by atoms with van der Waals surface area (Å²) in [5, 5.41) is 13.7. The number of fused-ring (bicyclic) bond motifs is 1. The van der Waals surface area contributed by atoms with Crippen LogP contribution in [0.5, 0.6) is 0 Å². The molecule has 9 heteroatoms. The number of aromatic nitrogens is 4. The highest BCUT2D eigenvalue weighted by atomic mass is 32.2. The number of para-hydroxylation sites is 2. The van der Waals surface area contributed by atoms with E-state index in [1.165, 1.54) is 18.0 Å². The Hall–Kier alpha value is -3.72. The number of aryl methyl sites for hydroxylation is 1. The lowest BCUT2D eigenvalue weighted by Crippen LogP contribution is -2.21. The van der Waals surface area contributed by atoms with E-state index in [2.05, 4.69) is 25.7 Å². The Morgan fingerprint density at radius 2 is 1.93 bits per heavy atom. The molecule has 0 aliphatic heterocycles. The van der Waals surface area contributed by atoms with Crippen LogP contribution in [-0.4, -0.2) is 37.6 Å². The Balaban J connectivity index is 1.40. The average Bonchev–Trinajstić information content (AvgIpc) is 3.13. The second kappa shape index (κ2) is 8.75. The van der Waals surface area contributed by atoms with Gasteiger partial charge >= 0.3 is 0 Å². The summed E-state index contributed by atoms with van der Waals surface area (Å²) in [7, 11) is 0. The Morgan fingerprint density at radius 1 is 1.17 bits per heavy atom. The number of pyridine rings is 1. The minimum absolute atomic E-state index is 0.108. The van der Waals surface area contributed by atoms with Crippen LogP contribution in [0.2, 0.25) is 0 Å². The lowest BCUT2D eigenvalue weighted by atomic mass is 10.2. The van der Waals surface area contributed by atoms with E-state index < -0.39 is 0 Å². The van der Waals surface area contributed by atoms with Gasteiger partial charge in [0.15, 0.2) is 5.16 Å². The third kappa shape index (κ3) is 4.31. The molecule has 4 aromatic rings. The van der Waals surface area contributed by atoms with Crippen LogP contribution in [0.1, 0.15) is 11.4 Å². The highest BCUT2D eigenvalue weighted by Crippen LogP contribution is 2.21. The number of thioether (sulfide) groups is 1. The van der Waals surface area contributed by atoms with Crippen molar-refractivity contribution in [3.05, 3.63) is 82.4 Å². The number of nitrogens with zero attached hydrogens (tertiary/aromatic N) is 4. The van der Waals surface area contributed by atoms with Gasteiger partial charge in [-0.15, -0.1) is 10.2 Å². The molecule has 0 radical (unpaired) electrons. The Labute approximate surface area is 176 Å². The molecule has 8 nitrogen and oxygen atoms in total. The average molecular weight is 418 g/mol. The topological polar surface area (TPSA) is 105 Å². The predicted octanol–water partition coefficient (Wildman–Crippen LogP) is 2.66. The fourth-order valence-electron chi connectivity index (χ4n) is 2.91. The number of carbonyl (C=O) groups is 1. The van der Waals surface area contributed by atoms with Gasteiger partial charge in [0.2, 0.25) is 0 Å². The second-order valence-corrected chi connectivity index (χ2v) is 7.37. The molecule has 2 aromatic carbocycles. The van der Waals surface area contributed by atoms with Gasteiger partial charge in [-0.25, -0.2) is 5.43 Å². The van der Waals surface area contributed by atoms with Crippen LogP contribution in [-0.2, 0) is 4.79 Å². The van der Waals surface area contributed by atoms with Crippen LogP contribution in [0.4, 0.5) is 0 Å². The standard InChI is InChI=1S/C21H18N6O2S/c1-14-24-26-21(27(14)17-8-3-2-4-9-17)30-13-19(28)25-22-12-16-11-15-7-5-6-10-18(15)23-20(16)29/h2-12H,13H2,1H3,(H,23,29)(H,25,28). The third-order valence-electron chi connectivity index (χ3n) is 4.32. The van der Waals surface area contributed by atoms with Crippen LogP contribution < -0.4 is 11.0 Å². The zero-order valence-electron chi connectivity index (χ0n) is 16.1. The smallest absolute Gasteiger partial charge is 0.257 e. The van der Waals surface area contributed by atoms with Crippen LogP contribution >= 0.6 is 11.8 Å². The zero-order chi connectivity index (χ0) is 20.9. The lowest BCUT2D eigenvalue weighted by Gasteiger charge is -2.07. The van der Waals surface area contributed by atoms with E-state index in [1.807, 2.05) is 66.1 Å². The summed E-state index contributed by atoms with van der Waals surface area (Å²) in [6, 6.07) is 18.9. The maximum Gasteiger partial charge on any atom is 0.257 e. The molecular formula is C21H18N6O2S. The number of hydrogen-bond acceptors (Lipinski definition) is 6. The predicted molar refractivity (Wildman–Crippen MR) is 117 cm³/mol. The lowest BCUT2D eigenvalue weighted by molar-refractivity contribution is -0.118. The first-order chi connectivity index (χ1) is 14.6. The van der Waals surface area contributed by atoms with Gasteiger partial charge in [0.1, 0.15) is 5.82 Å². The quantitative estimate of drug-likeness (QED) is 0.285. The number of amides is 1. The zero-order valence-corrected chi connectivity index (χ0v) is 16.9. The van der Waals surface area contributed by atoms with Crippen molar-refractivity contribution in [2.24, 2.45) is 5.10 Å². The van der Waals surface area contributed by atoms with Gasteiger partial charge in [-0.1, -0.05) is 48.2 Å². The fourth-order valence-corrected chi connectivity index (χ4v) is 3.70. The number of nitrogens with one attached hydrogen (secondary N) is 2. The van der Waals surface area contributed by atoms with Crippen LogP contribution in [0.15, 0.2) is 75.7 Å². The fraction of sp³-hybridized carbons (Fsp3) is 0.0952. The maximum absolute atomic E-state index is 12.2. The molecule has 150 valence electrons. The number of rotatable bonds is 6. The number of aromatic amines is 1. The van der Waals surface area contributed by atoms with Crippen molar-refractivity contribution in [3.8, 4) is 5.69 Å². The molecule has 0 saturated carbocycles. The normalized spacial score (nSPS) is 11.2. The van der Waals surface area contributed by atoms with Crippen molar-refractivity contribution in [3.63, 3.8) is 0 Å². The van der Waals surface area contributed by atoms with Gasteiger partial charge in [-0.3, -0.25) is 14.2 Å². The minimum Gasteiger partial charge on any atom is -0.321 e. The van der Waals surface area contributed by atoms with Gasteiger partial charge < -0.3 is 4.98 Å². The van der Waals surface area contributed by atoms with Crippen molar-refractivity contribution in [2.45, 2.75) is 12.1 Å². The molecule has 0 spiro atoms. The van der Waals surface area contributed by atoms with E-state index in [4.69, 9.17) is 0 Å². The van der Waals surface area contributed by atoms with Gasteiger partial charge in [0.25, 0.3) is 11.5 Å². The third-order valence-corrected chi connectivity index (χ3v) is 5.25. The van der Waals surface area contributed by atoms with E-state index in [9.17, 15) is 9.59 Å². The van der Waals surface area contributed by atoms with Crippen molar-refractivity contribution in [2.75, 3.05) is 5.75 Å². The summed E-state index contributed by atoms with van der Waals surface area (Å²) >= 11 is 1.26. The molecule has 0 bridgehead atoms. The number of hydrazone groups is 1. The monoisotopic (exact) mass is 418 g/mol. The number of H-pyrrole nitrogens is 1. The first-order valence-electron chi connectivity index (χ1n) is 9.16. The van der Waals surface area contributed by atoms with E-state index in [0.29, 0.717) is 10.7 Å². The Morgan fingerprint density at radius 3 is 2.77 bits per heavy atom. The molecule has 0 unspecified atom stereocenters. The van der Waals surface area contributed by atoms with Crippen molar-refractivity contribution in [1.82, 2.24) is 25.2 Å². The van der Waals surface area contributed by atoms with Gasteiger partial charge in [-0.2, -0.15) is 5.10 Å². The van der Waals surface area contributed by atoms with E-state index in [0.717, 1.165) is 22.4 Å². The highest BCUT2D eigenvalue weighted by Gasteiger charge is 2.13. The summed E-state index contributed by atoms with van der Waals surface area (Å²) < 4.78 is 1.88. The molecule has 2 aromatic heterocycles. The van der Waals surface area contributed by atoms with Gasteiger partial charge in [0, 0.05) is 11.2 Å². The Kier molecular flexibility index (Phi) is 5.71. The summed E-state index contributed by atoms with van der Waals surface area (Å²) in [5.41, 5.74) is 4.21. The minimum atomic E-state index is -0.311. The van der Waals surface area contributed by atoms with Crippen molar-refractivity contribution >= 4 is 34.8 Å². The molecule has 0 aliphatic rings. The van der Waals surface area contributed by atoms with Crippen LogP contribution in [0.25, 0.3) is 16.6 Å². The molecule has 1 amide bonds. The number of hydrogen-bond donors (Lipinski definition) is 2. The van der Waals surface area contributed by atoms with Gasteiger partial charge in [-0.05, 0) is 36.6 Å². The molecule has 0 atom stereocenters. The van der Waals surface area contributed by atoms with E-state index in [-0.39, 0.29) is 17.2 Å². The maximum atomic E-state index is 12.2. The largest absolute Gasteiger partial charge is 0.321 e. The molecule has 2 N–H and O–H groups in total. The van der Waals surface area contributed by atoms with Crippen molar-refractivity contribution in [1.29, 1.82) is 0 Å². The highest BCUT2D eigenvalue weighted by molar-refractivity contribution is 7.99. The van der Waals surface area contributed by atoms with E-state index in [1.54, 1.807) is 6.07 Å². The molecule has 2 heterocycles. The SMILES string of the molecule is Cc1nnc(SCC(=O)NN=Cc2cc3ccccc3[nH]c2=O)n1-c1ccccc1. The molecule has 0 aliphatic carbocycles. The van der Waals surface area contributed by atoms with Crippen LogP contribution in [0, 0.1) is 6.92 Å². The number of benzene rings is 2. The summed E-state index contributed by atoms with van der Waals surface area (Å²) in [5.74, 6) is 0.530. The molecule has 30 heavy (non-hydrogen) atoms. The molecule has 0 fully saturated rings. The first-order valence-corrected chi connectivity index (χ1v) is 10.1.